The monoisotopic (exact) mass is 399 g/mol. The first kappa shape index (κ1) is 18.2. The molecule has 9 heteroatoms. The van der Waals surface area contributed by atoms with Gasteiger partial charge >= 0.3 is 11.2 Å². The van der Waals surface area contributed by atoms with Gasteiger partial charge in [0.1, 0.15) is 5.69 Å². The minimum Gasteiger partial charge on any atom is -0.375 e. The molecule has 2 heterocycles. The van der Waals surface area contributed by atoms with Gasteiger partial charge in [-0.05, 0) is 24.6 Å². The molecule has 1 aromatic heterocycles. The zero-order chi connectivity index (χ0) is 19.9. The number of anilines is 1. The van der Waals surface area contributed by atoms with Crippen molar-refractivity contribution in [3.05, 3.63) is 75.1 Å². The summed E-state index contributed by atoms with van der Waals surface area (Å²) in [7, 11) is -3.18. The second-order valence-electron chi connectivity index (χ2n) is 6.72. The van der Waals surface area contributed by atoms with Crippen molar-refractivity contribution in [1.82, 2.24) is 4.57 Å². The molecule has 0 spiro atoms. The molecule has 0 aliphatic carbocycles. The molecule has 0 saturated carbocycles. The summed E-state index contributed by atoms with van der Waals surface area (Å²) in [6, 6.07) is 15.1. The summed E-state index contributed by atoms with van der Waals surface area (Å²) in [6.07, 6.45) is 0.343. The molecule has 0 amide bonds. The van der Waals surface area contributed by atoms with Crippen molar-refractivity contribution in [2.45, 2.75) is 12.5 Å². The first-order chi connectivity index (χ1) is 13.4. The summed E-state index contributed by atoms with van der Waals surface area (Å²) in [5.74, 6) is -0.0856. The zero-order valence-corrected chi connectivity index (χ0v) is 15.6. The first-order valence-corrected chi connectivity index (χ1v) is 10.5. The third-order valence-corrected chi connectivity index (χ3v) is 6.60. The lowest BCUT2D eigenvalue weighted by atomic mass is 10.1. The predicted molar refractivity (Wildman–Crippen MR) is 107 cm³/mol. The number of hydrogen-bond donors (Lipinski definition) is 1. The fraction of sp³-hybridized carbons (Fsp3) is 0.211. The summed E-state index contributed by atoms with van der Waals surface area (Å²) in [6.45, 7) is 0. The van der Waals surface area contributed by atoms with Crippen LogP contribution >= 0.6 is 0 Å². The Morgan fingerprint density at radius 2 is 1.75 bits per heavy atom. The van der Waals surface area contributed by atoms with Crippen molar-refractivity contribution in [2.75, 3.05) is 16.8 Å². The molecule has 2 aromatic carbocycles. The van der Waals surface area contributed by atoms with Gasteiger partial charge in [-0.25, -0.2) is 8.42 Å². The van der Waals surface area contributed by atoms with Gasteiger partial charge in [0.05, 0.1) is 21.9 Å². The van der Waals surface area contributed by atoms with E-state index in [1.54, 1.807) is 54.6 Å². The summed E-state index contributed by atoms with van der Waals surface area (Å²) >= 11 is 0. The molecule has 3 aromatic rings. The topological polar surface area (TPSA) is 111 Å². The number of nitrogens with zero attached hydrogens (tertiary/aromatic N) is 2. The van der Waals surface area contributed by atoms with E-state index >= 15 is 0 Å². The van der Waals surface area contributed by atoms with Crippen LogP contribution in [0.1, 0.15) is 6.42 Å². The van der Waals surface area contributed by atoms with Crippen LogP contribution in [0, 0.1) is 10.1 Å². The van der Waals surface area contributed by atoms with Gasteiger partial charge in [-0.1, -0.05) is 36.4 Å². The number of pyridine rings is 1. The predicted octanol–water partition coefficient (Wildman–Crippen LogP) is 2.50. The number of hydrogen-bond acceptors (Lipinski definition) is 6. The Morgan fingerprint density at radius 1 is 1.07 bits per heavy atom. The van der Waals surface area contributed by atoms with Crippen LogP contribution in [0.3, 0.4) is 0 Å². The number of nitrogens with one attached hydrogen (secondary N) is 1. The highest BCUT2D eigenvalue weighted by Crippen LogP contribution is 2.33. The maximum Gasteiger partial charge on any atom is 0.357 e. The van der Waals surface area contributed by atoms with Crippen molar-refractivity contribution in [3.8, 4) is 5.69 Å². The molecule has 0 radical (unpaired) electrons. The Hall–Kier alpha value is -3.20. The molecular formula is C19H17N3O5S. The molecule has 1 N–H and O–H groups in total. The molecule has 1 fully saturated rings. The Bertz CT molecular complexity index is 1240. The molecule has 4 rings (SSSR count). The molecule has 1 saturated heterocycles. The van der Waals surface area contributed by atoms with Gasteiger partial charge in [0.2, 0.25) is 0 Å². The Kier molecular flexibility index (Phi) is 4.38. The molecule has 0 unspecified atom stereocenters. The zero-order valence-electron chi connectivity index (χ0n) is 14.7. The Morgan fingerprint density at radius 3 is 2.39 bits per heavy atom. The van der Waals surface area contributed by atoms with Crippen LogP contribution in [0.4, 0.5) is 11.4 Å². The molecule has 144 valence electrons. The van der Waals surface area contributed by atoms with E-state index in [1.807, 2.05) is 0 Å². The van der Waals surface area contributed by atoms with Gasteiger partial charge in [0, 0.05) is 17.1 Å². The standard InChI is InChI=1S/C19H17N3O5S/c23-19-18(22(24)25)17(20-13-10-11-28(26,27)12-13)15-8-4-5-9-16(15)21(19)14-6-2-1-3-7-14/h1-9,13,20H,10-12H2/t13-/m1/s1. The number of sulfone groups is 1. The van der Waals surface area contributed by atoms with E-state index in [-0.39, 0.29) is 17.2 Å². The van der Waals surface area contributed by atoms with Crippen molar-refractivity contribution < 1.29 is 13.3 Å². The van der Waals surface area contributed by atoms with Gasteiger partial charge in [-0.3, -0.25) is 19.5 Å². The van der Waals surface area contributed by atoms with E-state index in [1.165, 1.54) is 4.57 Å². The van der Waals surface area contributed by atoms with Crippen molar-refractivity contribution in [3.63, 3.8) is 0 Å². The maximum atomic E-state index is 13.1. The lowest BCUT2D eigenvalue weighted by Gasteiger charge is -2.17. The van der Waals surface area contributed by atoms with Crippen molar-refractivity contribution >= 4 is 32.1 Å². The minimum absolute atomic E-state index is 0.0253. The first-order valence-electron chi connectivity index (χ1n) is 8.72. The van der Waals surface area contributed by atoms with E-state index in [4.69, 9.17) is 0 Å². The molecule has 1 atom stereocenters. The van der Waals surface area contributed by atoms with Crippen LogP contribution in [0.15, 0.2) is 59.4 Å². The third kappa shape index (κ3) is 3.13. The van der Waals surface area contributed by atoms with Crippen LogP contribution in [0.5, 0.6) is 0 Å². The highest BCUT2D eigenvalue weighted by Gasteiger charge is 2.32. The van der Waals surface area contributed by atoms with E-state index in [0.29, 0.717) is 23.0 Å². The largest absolute Gasteiger partial charge is 0.375 e. The lowest BCUT2D eigenvalue weighted by molar-refractivity contribution is -0.385. The quantitative estimate of drug-likeness (QED) is 0.533. The summed E-state index contributed by atoms with van der Waals surface area (Å²) in [5.41, 5.74) is -0.264. The van der Waals surface area contributed by atoms with Crippen LogP contribution in [-0.2, 0) is 9.84 Å². The molecule has 28 heavy (non-hydrogen) atoms. The minimum atomic E-state index is -3.18. The van der Waals surface area contributed by atoms with Crippen molar-refractivity contribution in [1.29, 1.82) is 0 Å². The molecular weight excluding hydrogens is 382 g/mol. The van der Waals surface area contributed by atoms with E-state index < -0.39 is 32.0 Å². The molecule has 8 nitrogen and oxygen atoms in total. The highest BCUT2D eigenvalue weighted by molar-refractivity contribution is 7.91. The number of nitro groups is 1. The van der Waals surface area contributed by atoms with Gasteiger partial charge in [-0.15, -0.1) is 0 Å². The number of para-hydroxylation sites is 2. The molecule has 0 bridgehead atoms. The second-order valence-corrected chi connectivity index (χ2v) is 8.95. The summed E-state index contributed by atoms with van der Waals surface area (Å²) in [5, 5.41) is 15.3. The lowest BCUT2D eigenvalue weighted by Crippen LogP contribution is -2.27. The van der Waals surface area contributed by atoms with E-state index in [0.717, 1.165) is 0 Å². The van der Waals surface area contributed by atoms with Crippen LogP contribution in [0.25, 0.3) is 16.6 Å². The normalized spacial score (nSPS) is 18.2. The highest BCUT2D eigenvalue weighted by atomic mass is 32.2. The third-order valence-electron chi connectivity index (χ3n) is 4.83. The van der Waals surface area contributed by atoms with Crippen molar-refractivity contribution in [2.24, 2.45) is 0 Å². The Labute approximate surface area is 160 Å². The van der Waals surface area contributed by atoms with Crippen LogP contribution < -0.4 is 10.9 Å². The smallest absolute Gasteiger partial charge is 0.357 e. The average Bonchev–Trinajstić information content (AvgIpc) is 3.01. The van der Waals surface area contributed by atoms with Crippen LogP contribution in [-0.4, -0.2) is 35.5 Å². The Balaban J connectivity index is 1.99. The molecule has 1 aliphatic rings. The van der Waals surface area contributed by atoms with E-state index in [2.05, 4.69) is 5.32 Å². The number of rotatable bonds is 4. The van der Waals surface area contributed by atoms with Gasteiger partial charge in [-0.2, -0.15) is 0 Å². The fourth-order valence-electron chi connectivity index (χ4n) is 3.59. The summed E-state index contributed by atoms with van der Waals surface area (Å²) < 4.78 is 24.9. The number of aromatic nitrogens is 1. The van der Waals surface area contributed by atoms with Gasteiger partial charge in [0.15, 0.2) is 9.84 Å². The van der Waals surface area contributed by atoms with E-state index in [9.17, 15) is 23.3 Å². The maximum absolute atomic E-state index is 13.1. The van der Waals surface area contributed by atoms with Crippen LogP contribution in [0.2, 0.25) is 0 Å². The second kappa shape index (κ2) is 6.75. The SMILES string of the molecule is O=c1c([N+](=O)[O-])c(N[C@@H]2CCS(=O)(=O)C2)c2ccccc2n1-c1ccccc1. The summed E-state index contributed by atoms with van der Waals surface area (Å²) in [4.78, 5) is 24.2. The average molecular weight is 399 g/mol. The number of benzene rings is 2. The molecule has 1 aliphatic heterocycles. The van der Waals surface area contributed by atoms with Gasteiger partial charge < -0.3 is 5.32 Å². The fourth-order valence-corrected chi connectivity index (χ4v) is 5.27. The number of fused-ring (bicyclic) bond motifs is 1. The van der Waals surface area contributed by atoms with Gasteiger partial charge in [0.25, 0.3) is 0 Å².